The lowest BCUT2D eigenvalue weighted by atomic mass is 9.46. The van der Waals surface area contributed by atoms with Gasteiger partial charge in [0.05, 0.1) is 11.7 Å². The van der Waals surface area contributed by atoms with Crippen molar-refractivity contribution in [1.82, 2.24) is 0 Å². The molecule has 0 radical (unpaired) electrons. The molecular formula is C19H32O2. The van der Waals surface area contributed by atoms with Gasteiger partial charge in [0.15, 0.2) is 0 Å². The molecule has 0 amide bonds. The van der Waals surface area contributed by atoms with Gasteiger partial charge in [0.2, 0.25) is 0 Å². The number of aliphatic hydroxyl groups is 1. The fraction of sp³-hybridized carbons (Fsp3) is 1.00. The van der Waals surface area contributed by atoms with Crippen LogP contribution < -0.4 is 0 Å². The maximum absolute atomic E-state index is 10.1. The van der Waals surface area contributed by atoms with E-state index in [1.807, 2.05) is 0 Å². The van der Waals surface area contributed by atoms with Crippen LogP contribution in [-0.4, -0.2) is 23.4 Å². The summed E-state index contributed by atoms with van der Waals surface area (Å²) in [5, 5.41) is 10.1. The minimum atomic E-state index is -0.0218. The van der Waals surface area contributed by atoms with Crippen molar-refractivity contribution in [1.29, 1.82) is 0 Å². The van der Waals surface area contributed by atoms with Crippen molar-refractivity contribution < 1.29 is 9.84 Å². The van der Waals surface area contributed by atoms with Crippen molar-refractivity contribution in [2.24, 2.45) is 29.1 Å². The smallest absolute Gasteiger partial charge is 0.0685 e. The number of aliphatic hydroxyl groups excluding tert-OH is 1. The van der Waals surface area contributed by atoms with Crippen LogP contribution in [0, 0.1) is 29.1 Å². The Morgan fingerprint density at radius 1 is 0.952 bits per heavy atom. The molecule has 0 bridgehead atoms. The van der Waals surface area contributed by atoms with Gasteiger partial charge in [-0.3, -0.25) is 0 Å². The molecule has 0 aromatic carbocycles. The average molecular weight is 292 g/mol. The van der Waals surface area contributed by atoms with E-state index in [2.05, 4.69) is 13.8 Å². The summed E-state index contributed by atoms with van der Waals surface area (Å²) in [6.45, 7) is 5.94. The molecule has 1 N–H and O–H groups in total. The summed E-state index contributed by atoms with van der Waals surface area (Å²) in [6, 6.07) is 0. The lowest BCUT2D eigenvalue weighted by Crippen LogP contribution is -2.58. The largest absolute Gasteiger partial charge is 0.393 e. The van der Waals surface area contributed by atoms with Crippen LogP contribution in [0.4, 0.5) is 0 Å². The van der Waals surface area contributed by atoms with E-state index in [0.717, 1.165) is 43.1 Å². The molecular weight excluding hydrogens is 260 g/mol. The molecule has 1 saturated heterocycles. The van der Waals surface area contributed by atoms with E-state index in [4.69, 9.17) is 4.74 Å². The Bertz CT molecular complexity index is 408. The number of rotatable bonds is 0. The fourth-order valence-electron chi connectivity index (χ4n) is 6.83. The van der Waals surface area contributed by atoms with Gasteiger partial charge in [-0.15, -0.1) is 0 Å². The van der Waals surface area contributed by atoms with Gasteiger partial charge < -0.3 is 9.84 Å². The zero-order valence-corrected chi connectivity index (χ0v) is 13.8. The van der Waals surface area contributed by atoms with E-state index in [1.165, 1.54) is 44.9 Å². The molecule has 4 fully saturated rings. The molecule has 0 aromatic rings. The van der Waals surface area contributed by atoms with Gasteiger partial charge in [-0.1, -0.05) is 6.92 Å². The van der Waals surface area contributed by atoms with Gasteiger partial charge in [-0.2, -0.15) is 0 Å². The first-order valence-corrected chi connectivity index (χ1v) is 9.35. The van der Waals surface area contributed by atoms with Crippen LogP contribution in [0.2, 0.25) is 0 Å². The van der Waals surface area contributed by atoms with E-state index >= 15 is 0 Å². The molecule has 120 valence electrons. The highest BCUT2D eigenvalue weighted by atomic mass is 16.5. The van der Waals surface area contributed by atoms with Crippen LogP contribution in [0.1, 0.15) is 71.6 Å². The molecule has 0 spiro atoms. The third kappa shape index (κ3) is 2.12. The van der Waals surface area contributed by atoms with Crippen LogP contribution >= 0.6 is 0 Å². The van der Waals surface area contributed by atoms with Crippen LogP contribution in [0.5, 0.6) is 0 Å². The van der Waals surface area contributed by atoms with Crippen LogP contribution in [0.3, 0.4) is 0 Å². The molecule has 4 rings (SSSR count). The van der Waals surface area contributed by atoms with Gasteiger partial charge >= 0.3 is 0 Å². The second kappa shape index (κ2) is 4.96. The zero-order valence-electron chi connectivity index (χ0n) is 13.8. The summed E-state index contributed by atoms with van der Waals surface area (Å²) >= 11 is 0. The van der Waals surface area contributed by atoms with Gasteiger partial charge in [0, 0.05) is 6.61 Å². The first-order chi connectivity index (χ1) is 10.0. The molecule has 7 unspecified atom stereocenters. The van der Waals surface area contributed by atoms with Crippen molar-refractivity contribution in [2.75, 3.05) is 6.61 Å². The lowest BCUT2D eigenvalue weighted by molar-refractivity contribution is -0.195. The standard InChI is InChI=1S/C19H32O2/c1-18-9-7-14(20)12-13(18)5-6-15-16(18)8-10-19(2)17(15)4-3-11-21-19/h13-17,20H,3-12H2,1-2H3. The Labute approximate surface area is 129 Å². The van der Waals surface area contributed by atoms with Crippen LogP contribution in [-0.2, 0) is 4.74 Å². The van der Waals surface area contributed by atoms with Crippen molar-refractivity contribution >= 4 is 0 Å². The molecule has 3 aliphatic carbocycles. The molecule has 1 aliphatic heterocycles. The third-order valence-electron chi connectivity index (χ3n) is 8.06. The van der Waals surface area contributed by atoms with E-state index in [-0.39, 0.29) is 11.7 Å². The first kappa shape index (κ1) is 14.5. The normalized spacial score (nSPS) is 57.0. The molecule has 3 saturated carbocycles. The Balaban J connectivity index is 1.61. The van der Waals surface area contributed by atoms with E-state index < -0.39 is 0 Å². The van der Waals surface area contributed by atoms with Crippen molar-refractivity contribution in [2.45, 2.75) is 83.3 Å². The summed E-state index contributed by atoms with van der Waals surface area (Å²) in [7, 11) is 0. The third-order valence-corrected chi connectivity index (χ3v) is 8.06. The fourth-order valence-corrected chi connectivity index (χ4v) is 6.83. The molecule has 2 heteroatoms. The van der Waals surface area contributed by atoms with E-state index in [9.17, 15) is 5.11 Å². The summed E-state index contributed by atoms with van der Waals surface area (Å²) in [6.07, 6.45) is 11.4. The SMILES string of the molecule is CC12CCC3C(CCC4CC(O)CCC43C)C1CCCO2. The monoisotopic (exact) mass is 292 g/mol. The predicted molar refractivity (Wildman–Crippen MR) is 84.0 cm³/mol. The van der Waals surface area contributed by atoms with Crippen molar-refractivity contribution in [3.8, 4) is 0 Å². The minimum absolute atomic E-state index is 0.0218. The topological polar surface area (TPSA) is 29.5 Å². The molecule has 2 nitrogen and oxygen atoms in total. The number of hydrogen-bond donors (Lipinski definition) is 1. The lowest BCUT2D eigenvalue weighted by Gasteiger charge is -2.62. The Hall–Kier alpha value is -0.0800. The minimum Gasteiger partial charge on any atom is -0.393 e. The highest BCUT2D eigenvalue weighted by molar-refractivity contribution is 5.07. The summed E-state index contributed by atoms with van der Waals surface area (Å²) in [4.78, 5) is 0. The Morgan fingerprint density at radius 2 is 1.81 bits per heavy atom. The van der Waals surface area contributed by atoms with Crippen molar-refractivity contribution in [3.05, 3.63) is 0 Å². The Morgan fingerprint density at radius 3 is 2.67 bits per heavy atom. The molecule has 7 atom stereocenters. The highest BCUT2D eigenvalue weighted by Crippen LogP contribution is 2.63. The molecule has 0 aromatic heterocycles. The number of ether oxygens (including phenoxy) is 1. The number of fused-ring (bicyclic) bond motifs is 5. The summed E-state index contributed by atoms with van der Waals surface area (Å²) < 4.78 is 6.26. The zero-order chi connectivity index (χ0) is 14.7. The van der Waals surface area contributed by atoms with Crippen LogP contribution in [0.25, 0.3) is 0 Å². The second-order valence-electron chi connectivity index (χ2n) is 8.93. The summed E-state index contributed by atoms with van der Waals surface area (Å²) in [5.41, 5.74) is 0.678. The maximum Gasteiger partial charge on any atom is 0.0685 e. The second-order valence-corrected chi connectivity index (χ2v) is 8.93. The molecule has 21 heavy (non-hydrogen) atoms. The summed E-state index contributed by atoms with van der Waals surface area (Å²) in [5.74, 6) is 3.36. The number of hydrogen-bond acceptors (Lipinski definition) is 2. The van der Waals surface area contributed by atoms with Gasteiger partial charge in [0.1, 0.15) is 0 Å². The van der Waals surface area contributed by atoms with E-state index in [0.29, 0.717) is 5.41 Å². The van der Waals surface area contributed by atoms with E-state index in [1.54, 1.807) is 0 Å². The van der Waals surface area contributed by atoms with Gasteiger partial charge in [-0.25, -0.2) is 0 Å². The van der Waals surface area contributed by atoms with Gasteiger partial charge in [-0.05, 0) is 93.8 Å². The average Bonchev–Trinajstić information content (AvgIpc) is 2.47. The van der Waals surface area contributed by atoms with Crippen molar-refractivity contribution in [3.63, 3.8) is 0 Å². The van der Waals surface area contributed by atoms with Gasteiger partial charge in [0.25, 0.3) is 0 Å². The maximum atomic E-state index is 10.1. The molecule has 1 heterocycles. The molecule has 4 aliphatic rings. The predicted octanol–water partition coefficient (Wildman–Crippen LogP) is 4.16. The first-order valence-electron chi connectivity index (χ1n) is 9.35. The highest BCUT2D eigenvalue weighted by Gasteiger charge is 2.57. The Kier molecular flexibility index (Phi) is 3.43. The quantitative estimate of drug-likeness (QED) is 0.726. The van der Waals surface area contributed by atoms with Crippen LogP contribution in [0.15, 0.2) is 0 Å².